The summed E-state index contributed by atoms with van der Waals surface area (Å²) in [5.74, 6) is 0.684. The van der Waals surface area contributed by atoms with Gasteiger partial charge in [0.2, 0.25) is 5.91 Å². The first-order valence-electron chi connectivity index (χ1n) is 7.18. The molecule has 3 aromatic rings. The Morgan fingerprint density at radius 3 is 2.78 bits per heavy atom. The number of nitrogens with one attached hydrogen (secondary N) is 2. The van der Waals surface area contributed by atoms with Crippen molar-refractivity contribution in [3.63, 3.8) is 0 Å². The number of aromatic nitrogens is 7. The molecule has 0 atom stereocenters. The molecule has 2 heterocycles. The van der Waals surface area contributed by atoms with Gasteiger partial charge in [-0.15, -0.1) is 5.10 Å². The molecule has 0 aliphatic carbocycles. The Kier molecular flexibility index (Phi) is 4.37. The van der Waals surface area contributed by atoms with E-state index in [-0.39, 0.29) is 5.91 Å². The first-order valence-corrected chi connectivity index (χ1v) is 7.18. The highest BCUT2D eigenvalue weighted by Crippen LogP contribution is 2.10. The minimum absolute atomic E-state index is 0.0279. The maximum absolute atomic E-state index is 11.9. The summed E-state index contributed by atoms with van der Waals surface area (Å²) in [5, 5.41) is 24.4. The number of tetrazole rings is 1. The highest BCUT2D eigenvalue weighted by molar-refractivity contribution is 5.78. The van der Waals surface area contributed by atoms with Crippen LogP contribution in [-0.4, -0.2) is 48.1 Å². The number of rotatable bonds is 6. The molecular formula is C14H16N8O. The summed E-state index contributed by atoms with van der Waals surface area (Å²) in [6, 6.07) is 7.57. The minimum atomic E-state index is -0.0279. The molecule has 9 nitrogen and oxygen atoms in total. The first-order chi connectivity index (χ1) is 11.2. The number of hydrogen-bond donors (Lipinski definition) is 2. The number of aromatic amines is 1. The fourth-order valence-corrected chi connectivity index (χ4v) is 2.15. The summed E-state index contributed by atoms with van der Waals surface area (Å²) in [4.78, 5) is 11.9. The maximum Gasteiger partial charge on any atom is 0.224 e. The van der Waals surface area contributed by atoms with Crippen LogP contribution in [-0.2, 0) is 17.6 Å². The van der Waals surface area contributed by atoms with Crippen LogP contribution >= 0.6 is 0 Å². The molecule has 0 spiro atoms. The van der Waals surface area contributed by atoms with Crippen molar-refractivity contribution in [2.75, 3.05) is 6.54 Å². The van der Waals surface area contributed by atoms with Gasteiger partial charge in [-0.3, -0.25) is 4.79 Å². The van der Waals surface area contributed by atoms with Crippen LogP contribution in [0.15, 0.2) is 30.5 Å². The Bertz CT molecular complexity index is 762. The van der Waals surface area contributed by atoms with E-state index in [1.807, 2.05) is 31.2 Å². The van der Waals surface area contributed by atoms with Crippen molar-refractivity contribution in [1.82, 2.24) is 40.9 Å². The monoisotopic (exact) mass is 312 g/mol. The minimum Gasteiger partial charge on any atom is -0.355 e. The average Bonchev–Trinajstić information content (AvgIpc) is 3.20. The molecule has 2 N–H and O–H groups in total. The highest BCUT2D eigenvalue weighted by Gasteiger charge is 2.06. The lowest BCUT2D eigenvalue weighted by Gasteiger charge is -2.06. The topological polar surface area (TPSA) is 114 Å². The molecule has 0 fully saturated rings. The number of benzene rings is 1. The van der Waals surface area contributed by atoms with Crippen molar-refractivity contribution in [3.8, 4) is 5.69 Å². The lowest BCUT2D eigenvalue weighted by molar-refractivity contribution is -0.120. The second-order valence-electron chi connectivity index (χ2n) is 5.04. The van der Waals surface area contributed by atoms with E-state index in [1.54, 1.807) is 10.9 Å². The molecule has 0 unspecified atom stereocenters. The molecule has 0 aliphatic heterocycles. The Balaban J connectivity index is 1.51. The van der Waals surface area contributed by atoms with Crippen LogP contribution in [0.1, 0.15) is 17.1 Å². The van der Waals surface area contributed by atoms with Gasteiger partial charge in [0.1, 0.15) is 0 Å². The molecule has 9 heteroatoms. The number of carbonyl (C=O) groups excluding carboxylic acids is 1. The zero-order valence-electron chi connectivity index (χ0n) is 12.6. The maximum atomic E-state index is 11.9. The second kappa shape index (κ2) is 6.77. The summed E-state index contributed by atoms with van der Waals surface area (Å²) in [5.41, 5.74) is 2.62. The van der Waals surface area contributed by atoms with Crippen molar-refractivity contribution in [2.24, 2.45) is 0 Å². The van der Waals surface area contributed by atoms with Gasteiger partial charge in [-0.05, 0) is 35.0 Å². The van der Waals surface area contributed by atoms with Gasteiger partial charge in [0.05, 0.1) is 24.0 Å². The molecule has 0 bridgehead atoms. The van der Waals surface area contributed by atoms with Crippen molar-refractivity contribution in [1.29, 1.82) is 0 Å². The Morgan fingerprint density at radius 1 is 1.30 bits per heavy atom. The number of aryl methyl sites for hydroxylation is 1. The zero-order chi connectivity index (χ0) is 16.1. The normalized spacial score (nSPS) is 10.7. The van der Waals surface area contributed by atoms with Gasteiger partial charge in [0, 0.05) is 13.0 Å². The second-order valence-corrected chi connectivity index (χ2v) is 5.04. The summed E-state index contributed by atoms with van der Waals surface area (Å²) in [6.07, 6.45) is 2.62. The molecule has 23 heavy (non-hydrogen) atoms. The third kappa shape index (κ3) is 3.76. The summed E-state index contributed by atoms with van der Waals surface area (Å²) >= 11 is 0. The molecule has 118 valence electrons. The smallest absolute Gasteiger partial charge is 0.224 e. The molecule has 0 saturated heterocycles. The van der Waals surface area contributed by atoms with E-state index in [0.717, 1.165) is 16.9 Å². The number of nitrogens with zero attached hydrogens (tertiary/aromatic N) is 6. The fourth-order valence-electron chi connectivity index (χ4n) is 2.15. The van der Waals surface area contributed by atoms with Crippen LogP contribution in [0.3, 0.4) is 0 Å². The quantitative estimate of drug-likeness (QED) is 0.661. The van der Waals surface area contributed by atoms with E-state index in [4.69, 9.17) is 0 Å². The molecule has 1 amide bonds. The predicted octanol–water partition coefficient (Wildman–Crippen LogP) is -0.00978. The van der Waals surface area contributed by atoms with E-state index < -0.39 is 0 Å². The number of amides is 1. The van der Waals surface area contributed by atoms with Crippen molar-refractivity contribution >= 4 is 5.91 Å². The third-order valence-corrected chi connectivity index (χ3v) is 3.34. The van der Waals surface area contributed by atoms with Crippen LogP contribution in [0, 0.1) is 6.92 Å². The molecule has 3 rings (SSSR count). The number of hydrogen-bond acceptors (Lipinski definition) is 6. The number of H-pyrrole nitrogens is 1. The van der Waals surface area contributed by atoms with Crippen LogP contribution in [0.25, 0.3) is 5.69 Å². The molecule has 0 saturated carbocycles. The van der Waals surface area contributed by atoms with Gasteiger partial charge in [-0.2, -0.15) is 20.1 Å². The van der Waals surface area contributed by atoms with E-state index >= 15 is 0 Å². The largest absolute Gasteiger partial charge is 0.355 e. The van der Waals surface area contributed by atoms with Crippen molar-refractivity contribution < 1.29 is 4.79 Å². The van der Waals surface area contributed by atoms with E-state index in [9.17, 15) is 4.79 Å². The highest BCUT2D eigenvalue weighted by atomic mass is 16.1. The van der Waals surface area contributed by atoms with Gasteiger partial charge in [0.15, 0.2) is 5.82 Å². The molecule has 2 aromatic heterocycles. The van der Waals surface area contributed by atoms with Crippen LogP contribution in [0.5, 0.6) is 0 Å². The van der Waals surface area contributed by atoms with Crippen LogP contribution in [0.2, 0.25) is 0 Å². The summed E-state index contributed by atoms with van der Waals surface area (Å²) in [6.45, 7) is 2.36. The third-order valence-electron chi connectivity index (χ3n) is 3.34. The van der Waals surface area contributed by atoms with E-state index in [2.05, 4.69) is 36.3 Å². The predicted molar refractivity (Wildman–Crippen MR) is 80.7 cm³/mol. The van der Waals surface area contributed by atoms with E-state index in [0.29, 0.717) is 25.2 Å². The van der Waals surface area contributed by atoms with Crippen LogP contribution in [0.4, 0.5) is 0 Å². The van der Waals surface area contributed by atoms with Crippen molar-refractivity contribution in [3.05, 3.63) is 47.5 Å². The van der Waals surface area contributed by atoms with Crippen LogP contribution < -0.4 is 5.32 Å². The molecule has 0 aliphatic rings. The SMILES string of the molecule is Cc1nnnn1-c1ccc(CC(=O)NCCc2cn[nH]n2)cc1. The van der Waals surface area contributed by atoms with Gasteiger partial charge in [-0.25, -0.2) is 0 Å². The lowest BCUT2D eigenvalue weighted by atomic mass is 10.1. The van der Waals surface area contributed by atoms with Gasteiger partial charge in [0.25, 0.3) is 0 Å². The van der Waals surface area contributed by atoms with Gasteiger partial charge >= 0.3 is 0 Å². The Hall–Kier alpha value is -3.10. The molecule has 1 aromatic carbocycles. The fraction of sp³-hybridized carbons (Fsp3) is 0.286. The average molecular weight is 312 g/mol. The van der Waals surface area contributed by atoms with Crippen molar-refractivity contribution in [2.45, 2.75) is 19.8 Å². The summed E-state index contributed by atoms with van der Waals surface area (Å²) < 4.78 is 1.64. The molecule has 0 radical (unpaired) electrons. The molecular weight excluding hydrogens is 296 g/mol. The lowest BCUT2D eigenvalue weighted by Crippen LogP contribution is -2.27. The number of carbonyl (C=O) groups is 1. The Morgan fingerprint density at radius 2 is 2.13 bits per heavy atom. The standard InChI is InChI=1S/C14H16N8O/c1-10-17-20-21-22(10)13-4-2-11(3-5-13)8-14(23)15-7-6-12-9-16-19-18-12/h2-5,9H,6-8H2,1H3,(H,15,23)(H,16,18,19). The van der Waals surface area contributed by atoms with Gasteiger partial charge in [-0.1, -0.05) is 12.1 Å². The summed E-state index contributed by atoms with van der Waals surface area (Å²) in [7, 11) is 0. The zero-order valence-corrected chi connectivity index (χ0v) is 12.6. The Labute approximate surface area is 132 Å². The van der Waals surface area contributed by atoms with Gasteiger partial charge < -0.3 is 5.32 Å². The first kappa shape index (κ1) is 14.8. The van der Waals surface area contributed by atoms with E-state index in [1.165, 1.54) is 0 Å².